The number of likely N-dealkylation sites (N-methyl/N-ethyl adjacent to an activating group) is 2. The molecule has 0 aromatic heterocycles. The smallest absolute Gasteiger partial charge is 0.0109 e. The summed E-state index contributed by atoms with van der Waals surface area (Å²) in [6.07, 6.45) is 5.67. The molecule has 1 rings (SSSR count). The topological polar surface area (TPSA) is 6.48 Å². The normalized spacial score (nSPS) is 28.7. The Labute approximate surface area is 89.3 Å². The molecule has 0 aromatic rings. The number of nitrogens with zero attached hydrogens (tertiary/aromatic N) is 2. The van der Waals surface area contributed by atoms with E-state index in [2.05, 4.69) is 37.9 Å². The second-order valence-electron chi connectivity index (χ2n) is 5.20. The minimum atomic E-state index is 0.853. The average molecular weight is 198 g/mol. The fourth-order valence-corrected chi connectivity index (χ4v) is 2.22. The van der Waals surface area contributed by atoms with E-state index in [1.807, 2.05) is 0 Å². The van der Waals surface area contributed by atoms with Gasteiger partial charge in [0.1, 0.15) is 0 Å². The molecule has 84 valence electrons. The van der Waals surface area contributed by atoms with Gasteiger partial charge in [0.15, 0.2) is 0 Å². The lowest BCUT2D eigenvalue weighted by Crippen LogP contribution is -2.38. The van der Waals surface area contributed by atoms with Gasteiger partial charge in [-0.25, -0.2) is 0 Å². The third kappa shape index (κ3) is 3.97. The zero-order valence-electron chi connectivity index (χ0n) is 10.3. The Hall–Kier alpha value is -0.0800. The van der Waals surface area contributed by atoms with Crippen LogP contribution in [0.15, 0.2) is 0 Å². The molecule has 0 spiro atoms. The zero-order valence-corrected chi connectivity index (χ0v) is 10.3. The molecular formula is C12H26N2. The lowest BCUT2D eigenvalue weighted by atomic mass is 9.87. The first-order valence-corrected chi connectivity index (χ1v) is 5.94. The van der Waals surface area contributed by atoms with Crippen molar-refractivity contribution in [3.05, 3.63) is 0 Å². The van der Waals surface area contributed by atoms with Crippen LogP contribution in [0.5, 0.6) is 0 Å². The van der Waals surface area contributed by atoms with Crippen LogP contribution < -0.4 is 0 Å². The van der Waals surface area contributed by atoms with Gasteiger partial charge in [-0.05, 0) is 52.7 Å². The van der Waals surface area contributed by atoms with E-state index in [0.717, 1.165) is 12.0 Å². The van der Waals surface area contributed by atoms with Gasteiger partial charge in [-0.1, -0.05) is 6.92 Å². The van der Waals surface area contributed by atoms with Gasteiger partial charge in [0.05, 0.1) is 0 Å². The van der Waals surface area contributed by atoms with Gasteiger partial charge in [0.25, 0.3) is 0 Å². The molecular weight excluding hydrogens is 172 g/mol. The summed E-state index contributed by atoms with van der Waals surface area (Å²) in [7, 11) is 6.58. The monoisotopic (exact) mass is 198 g/mol. The predicted molar refractivity (Wildman–Crippen MR) is 62.6 cm³/mol. The molecule has 0 radical (unpaired) electrons. The highest BCUT2D eigenvalue weighted by Gasteiger charge is 2.21. The first-order valence-electron chi connectivity index (χ1n) is 5.94. The highest BCUT2D eigenvalue weighted by Crippen LogP contribution is 2.26. The average Bonchev–Trinajstić information content (AvgIpc) is 2.15. The molecule has 1 saturated carbocycles. The summed E-state index contributed by atoms with van der Waals surface area (Å²) in [6, 6.07) is 0.853. The third-order valence-corrected chi connectivity index (χ3v) is 3.51. The zero-order chi connectivity index (χ0) is 10.6. The first kappa shape index (κ1) is 12.0. The summed E-state index contributed by atoms with van der Waals surface area (Å²) in [5.74, 6) is 0.966. The van der Waals surface area contributed by atoms with E-state index in [1.54, 1.807) is 0 Å². The number of rotatable bonds is 4. The molecule has 0 aromatic carbocycles. The molecule has 0 bridgehead atoms. The molecule has 0 aliphatic heterocycles. The van der Waals surface area contributed by atoms with Crippen LogP contribution in [-0.2, 0) is 0 Å². The van der Waals surface area contributed by atoms with Crippen molar-refractivity contribution in [2.24, 2.45) is 5.92 Å². The molecule has 0 atom stereocenters. The Morgan fingerprint density at radius 1 is 0.929 bits per heavy atom. The van der Waals surface area contributed by atoms with Crippen molar-refractivity contribution in [1.29, 1.82) is 0 Å². The molecule has 0 amide bonds. The first-order chi connectivity index (χ1) is 6.59. The second kappa shape index (κ2) is 5.72. The summed E-state index contributed by atoms with van der Waals surface area (Å²) in [4.78, 5) is 4.81. The maximum absolute atomic E-state index is 2.55. The summed E-state index contributed by atoms with van der Waals surface area (Å²) < 4.78 is 0. The standard InChI is InChI=1S/C12H26N2/c1-11-5-7-12(8-6-11)14(4)10-9-13(2)3/h11-12H,5-10H2,1-4H3/t11-,12-. The fourth-order valence-electron chi connectivity index (χ4n) is 2.22. The Kier molecular flexibility index (Phi) is 4.90. The molecule has 0 unspecified atom stereocenters. The van der Waals surface area contributed by atoms with E-state index in [4.69, 9.17) is 0 Å². The van der Waals surface area contributed by atoms with Crippen LogP contribution in [0.2, 0.25) is 0 Å². The summed E-state index contributed by atoms with van der Waals surface area (Å²) in [6.45, 7) is 4.78. The second-order valence-corrected chi connectivity index (χ2v) is 5.20. The van der Waals surface area contributed by atoms with Crippen LogP contribution in [0.3, 0.4) is 0 Å². The van der Waals surface area contributed by atoms with Gasteiger partial charge >= 0.3 is 0 Å². The Morgan fingerprint density at radius 3 is 2.00 bits per heavy atom. The van der Waals surface area contributed by atoms with Crippen LogP contribution in [0, 0.1) is 5.92 Å². The molecule has 0 heterocycles. The predicted octanol–water partition coefficient (Wildman–Crippen LogP) is 2.06. The molecule has 1 aliphatic rings. The highest BCUT2D eigenvalue weighted by molar-refractivity contribution is 4.76. The maximum Gasteiger partial charge on any atom is 0.0109 e. The van der Waals surface area contributed by atoms with Crippen LogP contribution in [0.25, 0.3) is 0 Å². The minimum absolute atomic E-state index is 0.853. The van der Waals surface area contributed by atoms with Gasteiger partial charge in [-0.2, -0.15) is 0 Å². The fraction of sp³-hybridized carbons (Fsp3) is 1.00. The van der Waals surface area contributed by atoms with E-state index < -0.39 is 0 Å². The SMILES string of the molecule is CN(C)CCN(C)[C@H]1CC[C@H](C)CC1. The van der Waals surface area contributed by atoms with E-state index in [0.29, 0.717) is 0 Å². The Morgan fingerprint density at radius 2 is 1.50 bits per heavy atom. The highest BCUT2D eigenvalue weighted by atomic mass is 15.2. The Bertz CT molecular complexity index is 148. The quantitative estimate of drug-likeness (QED) is 0.682. The van der Waals surface area contributed by atoms with Crippen LogP contribution in [-0.4, -0.2) is 50.1 Å². The van der Waals surface area contributed by atoms with Gasteiger partial charge in [0.2, 0.25) is 0 Å². The van der Waals surface area contributed by atoms with Crippen LogP contribution in [0.1, 0.15) is 32.6 Å². The molecule has 0 N–H and O–H groups in total. The largest absolute Gasteiger partial charge is 0.308 e. The lowest BCUT2D eigenvalue weighted by Gasteiger charge is -2.34. The lowest BCUT2D eigenvalue weighted by molar-refractivity contribution is 0.159. The number of hydrogen-bond acceptors (Lipinski definition) is 2. The molecule has 2 nitrogen and oxygen atoms in total. The van der Waals surface area contributed by atoms with E-state index in [1.165, 1.54) is 38.8 Å². The summed E-state index contributed by atoms with van der Waals surface area (Å²) in [5.41, 5.74) is 0. The van der Waals surface area contributed by atoms with Crippen molar-refractivity contribution in [2.45, 2.75) is 38.6 Å². The minimum Gasteiger partial charge on any atom is -0.308 e. The number of hydrogen-bond donors (Lipinski definition) is 0. The van der Waals surface area contributed by atoms with Crippen LogP contribution >= 0.6 is 0 Å². The van der Waals surface area contributed by atoms with Gasteiger partial charge < -0.3 is 9.80 Å². The van der Waals surface area contributed by atoms with Crippen molar-refractivity contribution in [3.63, 3.8) is 0 Å². The maximum atomic E-state index is 2.55. The van der Waals surface area contributed by atoms with Crippen molar-refractivity contribution in [3.8, 4) is 0 Å². The van der Waals surface area contributed by atoms with Crippen molar-refractivity contribution in [2.75, 3.05) is 34.2 Å². The summed E-state index contributed by atoms with van der Waals surface area (Å²) >= 11 is 0. The van der Waals surface area contributed by atoms with E-state index in [9.17, 15) is 0 Å². The molecule has 1 fully saturated rings. The van der Waals surface area contributed by atoms with Crippen molar-refractivity contribution < 1.29 is 0 Å². The van der Waals surface area contributed by atoms with E-state index >= 15 is 0 Å². The van der Waals surface area contributed by atoms with Gasteiger partial charge in [-0.15, -0.1) is 0 Å². The molecule has 1 aliphatic carbocycles. The van der Waals surface area contributed by atoms with E-state index in [-0.39, 0.29) is 0 Å². The van der Waals surface area contributed by atoms with Crippen molar-refractivity contribution in [1.82, 2.24) is 9.80 Å². The summed E-state index contributed by atoms with van der Waals surface area (Å²) in [5, 5.41) is 0. The van der Waals surface area contributed by atoms with Gasteiger partial charge in [-0.3, -0.25) is 0 Å². The molecule has 14 heavy (non-hydrogen) atoms. The van der Waals surface area contributed by atoms with Gasteiger partial charge in [0, 0.05) is 19.1 Å². The van der Waals surface area contributed by atoms with Crippen molar-refractivity contribution >= 4 is 0 Å². The molecule has 2 heteroatoms. The Balaban J connectivity index is 2.20. The third-order valence-electron chi connectivity index (χ3n) is 3.51. The molecule has 0 saturated heterocycles. The van der Waals surface area contributed by atoms with Crippen LogP contribution in [0.4, 0.5) is 0 Å².